The van der Waals surface area contributed by atoms with Crippen molar-refractivity contribution in [2.75, 3.05) is 26.7 Å². The number of aliphatic hydroxyl groups is 1. The number of carbonyl (C=O) groups is 3. The van der Waals surface area contributed by atoms with Gasteiger partial charge in [0.1, 0.15) is 11.6 Å². The highest BCUT2D eigenvalue weighted by Gasteiger charge is 2.75. The molecule has 0 bridgehead atoms. The summed E-state index contributed by atoms with van der Waals surface area (Å²) in [6.45, 7) is 4.43. The Balaban J connectivity index is 1.62. The van der Waals surface area contributed by atoms with Crippen molar-refractivity contribution < 1.29 is 24.2 Å². The van der Waals surface area contributed by atoms with Gasteiger partial charge in [-0.2, -0.15) is 0 Å². The van der Waals surface area contributed by atoms with Gasteiger partial charge in [-0.3, -0.25) is 14.4 Å². The second-order valence-corrected chi connectivity index (χ2v) is 10.0. The molecule has 1 aromatic carbocycles. The molecule has 6 atom stereocenters. The Hall–Kier alpha value is -2.97. The van der Waals surface area contributed by atoms with Gasteiger partial charge in [-0.05, 0) is 19.4 Å². The first-order valence-corrected chi connectivity index (χ1v) is 11.8. The Morgan fingerprint density at radius 1 is 1.03 bits per heavy atom. The first-order chi connectivity index (χ1) is 16.2. The van der Waals surface area contributed by atoms with Gasteiger partial charge in [-0.15, -0.1) is 0 Å². The molecule has 0 saturated carbocycles. The Kier molecular flexibility index (Phi) is 5.41. The fraction of sp³-hybridized carbons (Fsp3) is 0.500. The molecule has 8 nitrogen and oxygen atoms in total. The van der Waals surface area contributed by atoms with Crippen LogP contribution in [-0.2, 0) is 25.7 Å². The van der Waals surface area contributed by atoms with Gasteiger partial charge in [-0.25, -0.2) is 0 Å². The van der Waals surface area contributed by atoms with E-state index in [9.17, 15) is 19.5 Å². The summed E-state index contributed by atoms with van der Waals surface area (Å²) in [6.07, 6.45) is 7.45. The van der Waals surface area contributed by atoms with Crippen molar-refractivity contribution in [2.45, 2.75) is 43.7 Å². The van der Waals surface area contributed by atoms with E-state index in [1.807, 2.05) is 61.6 Å². The number of hydrogen-bond donors (Lipinski definition) is 1. The van der Waals surface area contributed by atoms with E-state index in [2.05, 4.69) is 0 Å². The Morgan fingerprint density at radius 3 is 2.44 bits per heavy atom. The second-order valence-electron chi connectivity index (χ2n) is 10.0. The van der Waals surface area contributed by atoms with Crippen LogP contribution < -0.4 is 0 Å². The maximum absolute atomic E-state index is 14.1. The lowest BCUT2D eigenvalue weighted by Crippen LogP contribution is -2.58. The quantitative estimate of drug-likeness (QED) is 0.670. The molecule has 1 aromatic rings. The van der Waals surface area contributed by atoms with Gasteiger partial charge in [0.2, 0.25) is 17.7 Å². The summed E-state index contributed by atoms with van der Waals surface area (Å²) in [5.74, 6) is -2.36. The van der Waals surface area contributed by atoms with Crippen molar-refractivity contribution in [3.05, 3.63) is 60.2 Å². The predicted molar refractivity (Wildman–Crippen MR) is 124 cm³/mol. The Morgan fingerprint density at radius 2 is 1.74 bits per heavy atom. The number of amides is 3. The zero-order chi connectivity index (χ0) is 24.3. The Bertz CT molecular complexity index is 1070. The monoisotopic (exact) mass is 465 g/mol. The van der Waals surface area contributed by atoms with Crippen LogP contribution in [0.25, 0.3) is 0 Å². The third-order valence-corrected chi connectivity index (χ3v) is 7.74. The van der Waals surface area contributed by atoms with Crippen molar-refractivity contribution in [1.29, 1.82) is 0 Å². The van der Waals surface area contributed by atoms with E-state index >= 15 is 0 Å². The molecule has 1 N–H and O–H groups in total. The van der Waals surface area contributed by atoms with Crippen molar-refractivity contribution in [3.8, 4) is 0 Å². The number of rotatable bonds is 4. The average molecular weight is 466 g/mol. The zero-order valence-corrected chi connectivity index (χ0v) is 19.8. The van der Waals surface area contributed by atoms with Gasteiger partial charge >= 0.3 is 0 Å². The van der Waals surface area contributed by atoms with Crippen molar-refractivity contribution in [3.63, 3.8) is 0 Å². The summed E-state index contributed by atoms with van der Waals surface area (Å²) in [5, 5.41) is 9.98. The molecule has 8 heteroatoms. The summed E-state index contributed by atoms with van der Waals surface area (Å²) < 4.78 is 6.70. The van der Waals surface area contributed by atoms with Crippen LogP contribution in [0, 0.1) is 11.8 Å². The summed E-state index contributed by atoms with van der Waals surface area (Å²) in [4.78, 5) is 46.3. The first-order valence-electron chi connectivity index (χ1n) is 11.8. The molecule has 2 saturated heterocycles. The molecule has 3 amide bonds. The lowest BCUT2D eigenvalue weighted by molar-refractivity contribution is -0.155. The molecule has 1 spiro atoms. The zero-order valence-electron chi connectivity index (χ0n) is 19.8. The van der Waals surface area contributed by atoms with Crippen LogP contribution in [0.3, 0.4) is 0 Å². The van der Waals surface area contributed by atoms with Crippen molar-refractivity contribution in [1.82, 2.24) is 14.7 Å². The lowest BCUT2D eigenvalue weighted by Gasteiger charge is -2.39. The van der Waals surface area contributed by atoms with Gasteiger partial charge < -0.3 is 24.5 Å². The minimum absolute atomic E-state index is 0.175. The van der Waals surface area contributed by atoms with Crippen LogP contribution in [-0.4, -0.2) is 87.6 Å². The summed E-state index contributed by atoms with van der Waals surface area (Å²) in [7, 11) is 1.71. The van der Waals surface area contributed by atoms with E-state index < -0.39 is 35.1 Å². The number of carbonyl (C=O) groups excluding carboxylic acids is 3. The van der Waals surface area contributed by atoms with Crippen molar-refractivity contribution >= 4 is 17.7 Å². The molecule has 4 aliphatic rings. The minimum Gasteiger partial charge on any atom is -0.394 e. The highest BCUT2D eigenvalue weighted by molar-refractivity contribution is 6.00. The van der Waals surface area contributed by atoms with Crippen LogP contribution in [0.4, 0.5) is 0 Å². The van der Waals surface area contributed by atoms with Gasteiger partial charge in [0, 0.05) is 26.7 Å². The van der Waals surface area contributed by atoms with Gasteiger partial charge in [0.15, 0.2) is 0 Å². The third kappa shape index (κ3) is 3.15. The number of nitrogens with zero attached hydrogens (tertiary/aromatic N) is 3. The normalized spacial score (nSPS) is 35.7. The number of hydrogen-bond acceptors (Lipinski definition) is 5. The first kappa shape index (κ1) is 22.8. The van der Waals surface area contributed by atoms with E-state index in [4.69, 9.17) is 4.74 Å². The van der Waals surface area contributed by atoms with E-state index in [0.717, 1.165) is 5.56 Å². The van der Waals surface area contributed by atoms with Crippen LogP contribution in [0.2, 0.25) is 0 Å². The van der Waals surface area contributed by atoms with E-state index in [-0.39, 0.29) is 24.3 Å². The highest BCUT2D eigenvalue weighted by Crippen LogP contribution is 2.57. The average Bonchev–Trinajstić information content (AvgIpc) is 3.11. The second kappa shape index (κ2) is 8.06. The lowest BCUT2D eigenvalue weighted by atomic mass is 9.74. The molecule has 0 radical (unpaired) electrons. The number of aliphatic hydroxyl groups excluding tert-OH is 1. The van der Waals surface area contributed by atoms with Crippen LogP contribution in [0.1, 0.15) is 19.4 Å². The molecule has 4 heterocycles. The fourth-order valence-electron chi connectivity index (χ4n) is 6.14. The number of likely N-dealkylation sites (tertiary alicyclic amines) is 1. The van der Waals surface area contributed by atoms with Crippen molar-refractivity contribution in [2.24, 2.45) is 11.8 Å². The number of likely N-dealkylation sites (N-methyl/N-ethyl adjacent to an activating group) is 1. The third-order valence-electron chi connectivity index (χ3n) is 7.74. The van der Waals surface area contributed by atoms with Crippen LogP contribution >= 0.6 is 0 Å². The maximum Gasteiger partial charge on any atom is 0.249 e. The molecular weight excluding hydrogens is 434 g/mol. The molecule has 1 unspecified atom stereocenters. The number of ether oxygens (including phenoxy) is 1. The molecule has 0 aromatic heterocycles. The molecule has 5 rings (SSSR count). The molecule has 34 heavy (non-hydrogen) atoms. The van der Waals surface area contributed by atoms with Crippen LogP contribution in [0.5, 0.6) is 0 Å². The fourth-order valence-corrected chi connectivity index (χ4v) is 6.14. The number of benzene rings is 1. The van der Waals surface area contributed by atoms with Crippen LogP contribution in [0.15, 0.2) is 54.6 Å². The van der Waals surface area contributed by atoms with Gasteiger partial charge in [0.25, 0.3) is 0 Å². The summed E-state index contributed by atoms with van der Waals surface area (Å²) in [6, 6.07) is 8.12. The summed E-state index contributed by atoms with van der Waals surface area (Å²) in [5.41, 5.74) is -1.33. The topological polar surface area (TPSA) is 90.4 Å². The highest BCUT2D eigenvalue weighted by atomic mass is 16.5. The molecule has 0 aliphatic carbocycles. The molecule has 2 fully saturated rings. The van der Waals surface area contributed by atoms with Gasteiger partial charge in [0.05, 0.1) is 30.1 Å². The maximum atomic E-state index is 14.1. The molecule has 4 aliphatic heterocycles. The SMILES string of the molecule is C[C@H](CO)N1C(=O)[C@@H]2[C@@H]3C(=O)N(C)CC=C[C@]3(C)O[C@@]23C=CCN(Cc2ccccc2)C(=O)C13. The largest absolute Gasteiger partial charge is 0.394 e. The Labute approximate surface area is 199 Å². The predicted octanol–water partition coefficient (Wildman–Crippen LogP) is 0.965. The minimum atomic E-state index is -1.29. The van der Waals surface area contributed by atoms with Gasteiger partial charge in [-0.1, -0.05) is 54.6 Å². The summed E-state index contributed by atoms with van der Waals surface area (Å²) >= 11 is 0. The molecule has 180 valence electrons. The smallest absolute Gasteiger partial charge is 0.249 e. The number of fused-ring (bicyclic) bond motifs is 2. The standard InChI is InChI=1S/C26H31N3O5/c1-17(16-30)29-21-24(33)28(15-18-9-5-4-6-10-18)14-8-12-26(21)20(23(29)32)19-22(31)27(3)13-7-11-25(19,2)34-26/h4-12,17,19-21,30H,13-16H2,1-3H3/t17-,19-,20+,21?,25+,26+/m1/s1. The van der Waals surface area contributed by atoms with E-state index in [1.54, 1.807) is 23.8 Å². The van der Waals surface area contributed by atoms with E-state index in [0.29, 0.717) is 19.6 Å². The van der Waals surface area contributed by atoms with E-state index in [1.165, 1.54) is 4.90 Å². The molecular formula is C26H31N3O5.